The quantitative estimate of drug-likeness (QED) is 0.267. The molecule has 0 heterocycles. The molecule has 2 N–H and O–H groups in total. The zero-order valence-corrected chi connectivity index (χ0v) is 20.4. The van der Waals surface area contributed by atoms with Gasteiger partial charge in [-0.05, 0) is 41.0 Å². The van der Waals surface area contributed by atoms with Crippen molar-refractivity contribution in [2.75, 3.05) is 13.2 Å². The average molecular weight is 600 g/mol. The van der Waals surface area contributed by atoms with Gasteiger partial charge in [-0.1, -0.05) is 36.4 Å². The van der Waals surface area contributed by atoms with Crippen molar-refractivity contribution in [1.82, 2.24) is 10.6 Å². The van der Waals surface area contributed by atoms with E-state index in [2.05, 4.69) is 10.1 Å². The molecular weight excluding hydrogens is 581 g/mol. The first-order valence-electron chi connectivity index (χ1n) is 11.4. The van der Waals surface area contributed by atoms with Gasteiger partial charge in [-0.2, -0.15) is 39.5 Å². The minimum Gasteiger partial charge on any atom is -0.484 e. The Morgan fingerprint density at radius 1 is 0.756 bits per heavy atom. The summed E-state index contributed by atoms with van der Waals surface area (Å²) in [5.41, 5.74) is -5.08. The first-order valence-corrected chi connectivity index (χ1v) is 11.4. The normalized spacial score (nSPS) is 13.8. The molecule has 3 rings (SSSR count). The van der Waals surface area contributed by atoms with Gasteiger partial charge in [0.2, 0.25) is 0 Å². The lowest BCUT2D eigenvalue weighted by atomic mass is 9.77. The van der Waals surface area contributed by atoms with E-state index in [1.54, 1.807) is 6.07 Å². The van der Waals surface area contributed by atoms with Crippen LogP contribution in [0, 0.1) is 11.6 Å². The molecule has 0 aromatic heterocycles. The zero-order chi connectivity index (χ0) is 30.6. The van der Waals surface area contributed by atoms with E-state index < -0.39 is 83.7 Å². The number of hydrogen-bond donors (Lipinski definition) is 2. The molecule has 0 aliphatic heterocycles. The second-order valence-electron chi connectivity index (χ2n) is 8.76. The lowest BCUT2D eigenvalue weighted by molar-refractivity contribution is -0.153. The molecule has 0 spiro atoms. The number of urea groups is 1. The van der Waals surface area contributed by atoms with E-state index in [0.717, 1.165) is 12.1 Å². The van der Waals surface area contributed by atoms with Crippen LogP contribution in [0.25, 0.3) is 0 Å². The monoisotopic (exact) mass is 600 g/mol. The third kappa shape index (κ3) is 8.72. The molecule has 4 nitrogen and oxygen atoms in total. The maximum absolute atomic E-state index is 14.7. The van der Waals surface area contributed by atoms with E-state index in [1.807, 2.05) is 0 Å². The van der Waals surface area contributed by atoms with Crippen LogP contribution in [0.1, 0.15) is 22.3 Å². The molecule has 222 valence electrons. The van der Waals surface area contributed by atoms with E-state index >= 15 is 0 Å². The standard InChI is InChI=1S/C26H19F11N2O2/c27-18-8-17(9-19(11-18)41-14-25(32,33)34)23(12-15-4-2-1-3-5-15,39-22(40)38-13-24(29,30)31)16-6-7-21(28)20(10-16)26(35,36)37/h1-11H,12-14H2,(H2,38,39,40). The molecule has 0 bridgehead atoms. The number of ether oxygens (including phenoxy) is 1. The number of carbonyl (C=O) groups excluding carboxylic acids is 1. The Hall–Kier alpha value is -4.04. The summed E-state index contributed by atoms with van der Waals surface area (Å²) in [5.74, 6) is -3.75. The minimum absolute atomic E-state index is 0.239. The highest BCUT2D eigenvalue weighted by atomic mass is 19.4. The van der Waals surface area contributed by atoms with Crippen molar-refractivity contribution in [2.45, 2.75) is 30.5 Å². The molecular formula is C26H19F11N2O2. The van der Waals surface area contributed by atoms with Crippen molar-refractivity contribution in [3.05, 3.63) is 101 Å². The van der Waals surface area contributed by atoms with Crippen LogP contribution < -0.4 is 15.4 Å². The molecule has 1 atom stereocenters. The average Bonchev–Trinajstić information content (AvgIpc) is 2.85. The van der Waals surface area contributed by atoms with Gasteiger partial charge in [0.1, 0.15) is 23.9 Å². The van der Waals surface area contributed by atoms with Crippen molar-refractivity contribution < 1.29 is 57.8 Å². The van der Waals surface area contributed by atoms with Gasteiger partial charge < -0.3 is 15.4 Å². The second-order valence-corrected chi connectivity index (χ2v) is 8.76. The van der Waals surface area contributed by atoms with Crippen molar-refractivity contribution in [3.8, 4) is 5.75 Å². The van der Waals surface area contributed by atoms with Gasteiger partial charge in [0.15, 0.2) is 6.61 Å². The second kappa shape index (κ2) is 11.8. The highest BCUT2D eigenvalue weighted by molar-refractivity contribution is 5.76. The minimum atomic E-state index is -5.28. The van der Waals surface area contributed by atoms with Gasteiger partial charge in [0, 0.05) is 12.5 Å². The number of alkyl halides is 9. The van der Waals surface area contributed by atoms with Gasteiger partial charge in [-0.25, -0.2) is 13.6 Å². The Bertz CT molecular complexity index is 1360. The van der Waals surface area contributed by atoms with E-state index in [0.29, 0.717) is 18.2 Å². The third-order valence-electron chi connectivity index (χ3n) is 5.62. The predicted octanol–water partition coefficient (Wildman–Crippen LogP) is 7.27. The molecule has 0 fully saturated rings. The Kier molecular flexibility index (Phi) is 9.08. The highest BCUT2D eigenvalue weighted by Gasteiger charge is 2.42. The fourth-order valence-electron chi connectivity index (χ4n) is 3.95. The molecule has 2 amide bonds. The van der Waals surface area contributed by atoms with Crippen LogP contribution in [0.15, 0.2) is 66.7 Å². The molecule has 41 heavy (non-hydrogen) atoms. The summed E-state index contributed by atoms with van der Waals surface area (Å²) in [6.07, 6.45) is -15.6. The molecule has 0 aliphatic rings. The van der Waals surface area contributed by atoms with E-state index in [-0.39, 0.29) is 11.6 Å². The Labute approximate surface area is 225 Å². The van der Waals surface area contributed by atoms with Gasteiger partial charge in [-0.15, -0.1) is 0 Å². The van der Waals surface area contributed by atoms with Crippen LogP contribution >= 0.6 is 0 Å². The van der Waals surface area contributed by atoms with E-state index in [4.69, 9.17) is 0 Å². The van der Waals surface area contributed by atoms with Gasteiger partial charge in [0.25, 0.3) is 0 Å². The summed E-state index contributed by atoms with van der Waals surface area (Å²) in [6, 6.07) is 9.10. The maximum Gasteiger partial charge on any atom is 0.422 e. The molecule has 15 heteroatoms. The first-order chi connectivity index (χ1) is 18.9. The Morgan fingerprint density at radius 2 is 1.41 bits per heavy atom. The zero-order valence-electron chi connectivity index (χ0n) is 20.4. The van der Waals surface area contributed by atoms with Crippen LogP contribution in [-0.4, -0.2) is 31.5 Å². The summed E-state index contributed by atoms with van der Waals surface area (Å²) in [6.45, 7) is -3.77. The number of benzene rings is 3. The Balaban J connectivity index is 2.30. The molecule has 3 aromatic rings. The summed E-state index contributed by atoms with van der Waals surface area (Å²) in [4.78, 5) is 12.7. The summed E-state index contributed by atoms with van der Waals surface area (Å²) >= 11 is 0. The van der Waals surface area contributed by atoms with Crippen LogP contribution in [-0.2, 0) is 18.1 Å². The predicted molar refractivity (Wildman–Crippen MR) is 123 cm³/mol. The van der Waals surface area contributed by atoms with Crippen molar-refractivity contribution in [2.24, 2.45) is 0 Å². The summed E-state index contributed by atoms with van der Waals surface area (Å²) in [5, 5.41) is 3.61. The molecule has 0 saturated carbocycles. The van der Waals surface area contributed by atoms with Crippen LogP contribution in [0.4, 0.5) is 53.1 Å². The number of rotatable bonds is 8. The number of amides is 2. The summed E-state index contributed by atoms with van der Waals surface area (Å²) in [7, 11) is 0. The van der Waals surface area contributed by atoms with E-state index in [9.17, 15) is 53.1 Å². The number of carbonyl (C=O) groups is 1. The number of hydrogen-bond acceptors (Lipinski definition) is 2. The fraction of sp³-hybridized carbons (Fsp3) is 0.269. The third-order valence-corrected chi connectivity index (χ3v) is 5.62. The van der Waals surface area contributed by atoms with Crippen molar-refractivity contribution >= 4 is 6.03 Å². The van der Waals surface area contributed by atoms with Crippen molar-refractivity contribution in [3.63, 3.8) is 0 Å². The number of halogens is 11. The van der Waals surface area contributed by atoms with Crippen molar-refractivity contribution in [1.29, 1.82) is 0 Å². The maximum atomic E-state index is 14.7. The molecule has 0 saturated heterocycles. The molecule has 1 unspecified atom stereocenters. The number of nitrogens with one attached hydrogen (secondary N) is 2. The smallest absolute Gasteiger partial charge is 0.422 e. The molecule has 3 aromatic carbocycles. The lowest BCUT2D eigenvalue weighted by Gasteiger charge is -2.37. The van der Waals surface area contributed by atoms with Crippen LogP contribution in [0.2, 0.25) is 0 Å². The molecule has 0 radical (unpaired) electrons. The topological polar surface area (TPSA) is 50.4 Å². The fourth-order valence-corrected chi connectivity index (χ4v) is 3.95. The highest BCUT2D eigenvalue weighted by Crippen LogP contribution is 2.40. The largest absolute Gasteiger partial charge is 0.484 e. The summed E-state index contributed by atoms with van der Waals surface area (Å²) < 4.78 is 151. The Morgan fingerprint density at radius 3 is 2.00 bits per heavy atom. The molecule has 0 aliphatic carbocycles. The van der Waals surface area contributed by atoms with Gasteiger partial charge >= 0.3 is 24.6 Å². The van der Waals surface area contributed by atoms with Crippen LogP contribution in [0.3, 0.4) is 0 Å². The van der Waals surface area contributed by atoms with E-state index in [1.165, 1.54) is 29.6 Å². The van der Waals surface area contributed by atoms with Crippen LogP contribution in [0.5, 0.6) is 5.75 Å². The first kappa shape index (κ1) is 31.5. The van der Waals surface area contributed by atoms with Gasteiger partial charge in [-0.3, -0.25) is 0 Å². The lowest BCUT2D eigenvalue weighted by Crippen LogP contribution is -2.53. The van der Waals surface area contributed by atoms with Gasteiger partial charge in [0.05, 0.1) is 11.1 Å². The SMILES string of the molecule is O=C(NCC(F)(F)F)NC(Cc1ccccc1)(c1cc(F)cc(OCC(F)(F)F)c1)c1ccc(F)c(C(F)(F)F)c1.